The van der Waals surface area contributed by atoms with Crippen LogP contribution in [0.4, 0.5) is 5.69 Å². The summed E-state index contributed by atoms with van der Waals surface area (Å²) in [6, 6.07) is 26.8. The number of hydrogen-bond acceptors (Lipinski definition) is 3. The number of fused-ring (bicyclic) bond motifs is 3. The number of para-hydroxylation sites is 1. The van der Waals surface area contributed by atoms with Crippen LogP contribution in [0.2, 0.25) is 0 Å². The van der Waals surface area contributed by atoms with Crippen molar-refractivity contribution in [3.8, 4) is 11.5 Å². The van der Waals surface area contributed by atoms with Gasteiger partial charge >= 0.3 is 0 Å². The van der Waals surface area contributed by atoms with Crippen molar-refractivity contribution in [1.82, 2.24) is 4.98 Å². The Kier molecular flexibility index (Phi) is 4.65. The van der Waals surface area contributed by atoms with Crippen LogP contribution in [0.5, 0.6) is 11.5 Å². The highest BCUT2D eigenvalue weighted by molar-refractivity contribution is 5.95. The van der Waals surface area contributed by atoms with Crippen LogP contribution in [0.1, 0.15) is 29.7 Å². The summed E-state index contributed by atoms with van der Waals surface area (Å²) in [4.78, 5) is 5.06. The van der Waals surface area contributed by atoms with Crippen molar-refractivity contribution in [2.75, 3.05) is 11.9 Å². The Bertz CT molecular complexity index is 1140. The summed E-state index contributed by atoms with van der Waals surface area (Å²) in [6.45, 7) is 3.25. The second kappa shape index (κ2) is 7.59. The molecule has 0 aliphatic carbocycles. The number of anilines is 1. The molecule has 29 heavy (non-hydrogen) atoms. The van der Waals surface area contributed by atoms with Gasteiger partial charge in [-0.2, -0.15) is 0 Å². The minimum atomic E-state index is 0.437. The van der Waals surface area contributed by atoms with Crippen LogP contribution in [-0.2, 0) is 12.8 Å². The summed E-state index contributed by atoms with van der Waals surface area (Å²) in [6.07, 6.45) is 1.98. The Labute approximate surface area is 171 Å². The first-order valence-electron chi connectivity index (χ1n) is 10.2. The third-order valence-corrected chi connectivity index (χ3v) is 5.67. The molecule has 0 amide bonds. The smallest absolute Gasteiger partial charge is 0.128 e. The van der Waals surface area contributed by atoms with E-state index < -0.39 is 0 Å². The fraction of sp³-hybridized carbons (Fsp3) is 0.192. The maximum atomic E-state index is 6.04. The van der Waals surface area contributed by atoms with Gasteiger partial charge in [0.25, 0.3) is 0 Å². The lowest BCUT2D eigenvalue weighted by atomic mass is 9.93. The van der Waals surface area contributed by atoms with Crippen molar-refractivity contribution in [1.29, 1.82) is 0 Å². The van der Waals surface area contributed by atoms with Crippen LogP contribution in [0, 0.1) is 0 Å². The molecule has 0 saturated carbocycles. The van der Waals surface area contributed by atoms with E-state index in [-0.39, 0.29) is 0 Å². The second-order valence-electron chi connectivity index (χ2n) is 7.70. The maximum Gasteiger partial charge on any atom is 0.128 e. The quantitative estimate of drug-likeness (QED) is 0.438. The Hall–Kier alpha value is -3.33. The molecule has 3 heteroatoms. The number of hydrogen-bond donors (Lipinski definition) is 1. The highest BCUT2D eigenvalue weighted by Crippen LogP contribution is 2.37. The van der Waals surface area contributed by atoms with Gasteiger partial charge in [-0.1, -0.05) is 55.5 Å². The van der Waals surface area contributed by atoms with Crippen LogP contribution in [-0.4, -0.2) is 11.5 Å². The highest BCUT2D eigenvalue weighted by Gasteiger charge is 2.21. The SMILES string of the molecule is CC(Cc1nc2ccc(Oc3ccccc3)cc2c2c1CCN2)c1ccccc1. The lowest BCUT2D eigenvalue weighted by Gasteiger charge is -2.16. The topological polar surface area (TPSA) is 34.1 Å². The molecule has 5 rings (SSSR count). The van der Waals surface area contributed by atoms with E-state index in [0.29, 0.717) is 5.92 Å². The summed E-state index contributed by atoms with van der Waals surface area (Å²) in [7, 11) is 0. The molecule has 0 fully saturated rings. The van der Waals surface area contributed by atoms with Crippen molar-refractivity contribution in [3.63, 3.8) is 0 Å². The molecule has 1 aliphatic heterocycles. The summed E-state index contributed by atoms with van der Waals surface area (Å²) in [5.74, 6) is 2.12. The standard InChI is InChI=1S/C26H24N2O/c1-18(19-8-4-2-5-9-19)16-25-22-14-15-27-26(22)23-17-21(12-13-24(23)28-25)29-20-10-6-3-7-11-20/h2-13,17-18,27H,14-16H2,1H3. The molecule has 1 aliphatic rings. The molecule has 1 aromatic heterocycles. The van der Waals surface area contributed by atoms with E-state index in [0.717, 1.165) is 41.8 Å². The predicted octanol–water partition coefficient (Wildman–Crippen LogP) is 6.34. The molecule has 2 heterocycles. The van der Waals surface area contributed by atoms with Gasteiger partial charge in [-0.05, 0) is 60.2 Å². The molecule has 3 nitrogen and oxygen atoms in total. The van der Waals surface area contributed by atoms with Crippen molar-refractivity contribution in [2.24, 2.45) is 0 Å². The normalized spacial score (nSPS) is 13.7. The van der Waals surface area contributed by atoms with Crippen LogP contribution < -0.4 is 10.1 Å². The maximum absolute atomic E-state index is 6.04. The molecule has 0 bridgehead atoms. The first-order chi connectivity index (χ1) is 14.3. The zero-order chi connectivity index (χ0) is 19.6. The number of ether oxygens (including phenoxy) is 1. The molecular weight excluding hydrogens is 356 g/mol. The third-order valence-electron chi connectivity index (χ3n) is 5.67. The monoisotopic (exact) mass is 380 g/mol. The Balaban J connectivity index is 1.50. The molecule has 1 atom stereocenters. The number of pyridine rings is 1. The van der Waals surface area contributed by atoms with Gasteiger partial charge in [-0.15, -0.1) is 0 Å². The molecule has 1 unspecified atom stereocenters. The first-order valence-corrected chi connectivity index (χ1v) is 10.2. The van der Waals surface area contributed by atoms with Crippen LogP contribution in [0.3, 0.4) is 0 Å². The van der Waals surface area contributed by atoms with Crippen LogP contribution in [0.15, 0.2) is 78.9 Å². The van der Waals surface area contributed by atoms with Gasteiger partial charge in [0.15, 0.2) is 0 Å². The predicted molar refractivity (Wildman–Crippen MR) is 119 cm³/mol. The van der Waals surface area contributed by atoms with Gasteiger partial charge in [-0.3, -0.25) is 4.98 Å². The molecule has 144 valence electrons. The zero-order valence-corrected chi connectivity index (χ0v) is 16.6. The van der Waals surface area contributed by atoms with E-state index in [1.807, 2.05) is 36.4 Å². The lowest BCUT2D eigenvalue weighted by Crippen LogP contribution is -2.04. The number of benzene rings is 3. The highest BCUT2D eigenvalue weighted by atomic mass is 16.5. The van der Waals surface area contributed by atoms with Crippen molar-refractivity contribution >= 4 is 16.6 Å². The van der Waals surface area contributed by atoms with Gasteiger partial charge in [0, 0.05) is 23.3 Å². The molecule has 3 aromatic carbocycles. The molecular formula is C26H24N2O. The number of nitrogens with zero attached hydrogens (tertiary/aromatic N) is 1. The zero-order valence-electron chi connectivity index (χ0n) is 16.6. The minimum absolute atomic E-state index is 0.437. The first kappa shape index (κ1) is 17.7. The van der Waals surface area contributed by atoms with Crippen molar-refractivity contribution in [2.45, 2.75) is 25.7 Å². The molecule has 4 aromatic rings. The Morgan fingerprint density at radius 2 is 1.69 bits per heavy atom. The summed E-state index contributed by atoms with van der Waals surface area (Å²) < 4.78 is 6.04. The van der Waals surface area contributed by atoms with Gasteiger partial charge in [0.05, 0.1) is 5.52 Å². The molecule has 1 N–H and O–H groups in total. The average Bonchev–Trinajstić information content (AvgIpc) is 3.26. The van der Waals surface area contributed by atoms with E-state index in [1.54, 1.807) is 0 Å². The van der Waals surface area contributed by atoms with E-state index in [4.69, 9.17) is 9.72 Å². The Morgan fingerprint density at radius 3 is 2.48 bits per heavy atom. The largest absolute Gasteiger partial charge is 0.457 e. The second-order valence-corrected chi connectivity index (χ2v) is 7.70. The van der Waals surface area contributed by atoms with Gasteiger partial charge in [0.1, 0.15) is 11.5 Å². The lowest BCUT2D eigenvalue weighted by molar-refractivity contribution is 0.483. The van der Waals surface area contributed by atoms with Crippen LogP contribution in [0.25, 0.3) is 10.9 Å². The summed E-state index contributed by atoms with van der Waals surface area (Å²) in [5, 5.41) is 4.73. The number of rotatable bonds is 5. The van der Waals surface area contributed by atoms with E-state index in [2.05, 4.69) is 54.7 Å². The molecule has 0 spiro atoms. The van der Waals surface area contributed by atoms with E-state index in [1.165, 1.54) is 22.5 Å². The van der Waals surface area contributed by atoms with E-state index in [9.17, 15) is 0 Å². The van der Waals surface area contributed by atoms with Crippen molar-refractivity contribution < 1.29 is 4.74 Å². The summed E-state index contributed by atoms with van der Waals surface area (Å²) in [5.41, 5.74) is 6.18. The fourth-order valence-electron chi connectivity index (χ4n) is 4.16. The average molecular weight is 380 g/mol. The molecule has 0 saturated heterocycles. The summed E-state index contributed by atoms with van der Waals surface area (Å²) >= 11 is 0. The number of aromatic nitrogens is 1. The Morgan fingerprint density at radius 1 is 0.931 bits per heavy atom. The minimum Gasteiger partial charge on any atom is -0.457 e. The number of nitrogens with one attached hydrogen (secondary N) is 1. The van der Waals surface area contributed by atoms with Gasteiger partial charge in [-0.25, -0.2) is 0 Å². The fourth-order valence-corrected chi connectivity index (χ4v) is 4.16. The molecule has 0 radical (unpaired) electrons. The van der Waals surface area contributed by atoms with Gasteiger partial charge < -0.3 is 10.1 Å². The van der Waals surface area contributed by atoms with Crippen molar-refractivity contribution in [3.05, 3.63) is 95.7 Å². The van der Waals surface area contributed by atoms with Crippen LogP contribution >= 0.6 is 0 Å². The third kappa shape index (κ3) is 3.56. The van der Waals surface area contributed by atoms with E-state index >= 15 is 0 Å². The van der Waals surface area contributed by atoms with Gasteiger partial charge in [0.2, 0.25) is 0 Å².